The van der Waals surface area contributed by atoms with E-state index in [0.717, 1.165) is 17.5 Å². The Morgan fingerprint density at radius 1 is 0.947 bits per heavy atom. The van der Waals surface area contributed by atoms with E-state index in [0.29, 0.717) is 41.8 Å². The number of amides is 1. The summed E-state index contributed by atoms with van der Waals surface area (Å²) < 4.78 is 11.9. The monoisotopic (exact) mass is 513 g/mol. The van der Waals surface area contributed by atoms with Crippen LogP contribution in [-0.2, 0) is 16.1 Å². The van der Waals surface area contributed by atoms with Crippen molar-refractivity contribution in [3.63, 3.8) is 0 Å². The first-order valence-corrected chi connectivity index (χ1v) is 13.1. The van der Waals surface area contributed by atoms with Crippen molar-refractivity contribution in [1.82, 2.24) is 4.90 Å². The number of ketones is 1. The van der Waals surface area contributed by atoms with E-state index >= 15 is 0 Å². The molecule has 38 heavy (non-hydrogen) atoms. The number of carbonyl (C=O) groups excluding carboxylic acids is 2. The Bertz CT molecular complexity index is 1310. The first kappa shape index (κ1) is 27.0. The Balaban J connectivity index is 1.81. The molecule has 3 aromatic carbocycles. The van der Waals surface area contributed by atoms with Crippen molar-refractivity contribution >= 4 is 17.4 Å². The van der Waals surface area contributed by atoms with E-state index in [1.54, 1.807) is 12.1 Å². The lowest BCUT2D eigenvalue weighted by molar-refractivity contribution is -0.140. The molecule has 0 aliphatic carbocycles. The van der Waals surface area contributed by atoms with E-state index in [-0.39, 0.29) is 17.9 Å². The first-order valence-electron chi connectivity index (χ1n) is 13.1. The molecule has 1 N–H and O–H groups in total. The molecule has 1 heterocycles. The minimum absolute atomic E-state index is 0.0608. The molecule has 0 spiro atoms. The van der Waals surface area contributed by atoms with Gasteiger partial charge in [-0.2, -0.15) is 0 Å². The summed E-state index contributed by atoms with van der Waals surface area (Å²) in [6.45, 7) is 9.32. The topological polar surface area (TPSA) is 76.1 Å². The van der Waals surface area contributed by atoms with Crippen molar-refractivity contribution in [3.05, 3.63) is 101 Å². The van der Waals surface area contributed by atoms with Crippen LogP contribution in [0, 0.1) is 12.8 Å². The molecule has 1 amide bonds. The summed E-state index contributed by atoms with van der Waals surface area (Å²) in [6, 6.07) is 21.4. The summed E-state index contributed by atoms with van der Waals surface area (Å²) in [4.78, 5) is 28.3. The second kappa shape index (κ2) is 12.0. The molecular weight excluding hydrogens is 478 g/mol. The van der Waals surface area contributed by atoms with Gasteiger partial charge in [-0.25, -0.2) is 0 Å². The van der Waals surface area contributed by atoms with Gasteiger partial charge in [0.25, 0.3) is 11.7 Å². The van der Waals surface area contributed by atoms with Crippen LogP contribution in [0.5, 0.6) is 11.5 Å². The highest BCUT2D eigenvalue weighted by Crippen LogP contribution is 2.42. The zero-order valence-electron chi connectivity index (χ0n) is 22.4. The van der Waals surface area contributed by atoms with Crippen LogP contribution in [0.1, 0.15) is 55.5 Å². The van der Waals surface area contributed by atoms with Crippen LogP contribution in [0.4, 0.5) is 0 Å². The Morgan fingerprint density at radius 3 is 2.32 bits per heavy atom. The highest BCUT2D eigenvalue weighted by molar-refractivity contribution is 6.46. The van der Waals surface area contributed by atoms with Gasteiger partial charge in [0.15, 0.2) is 11.5 Å². The van der Waals surface area contributed by atoms with E-state index in [9.17, 15) is 14.7 Å². The molecule has 1 atom stereocenters. The van der Waals surface area contributed by atoms with Crippen LogP contribution < -0.4 is 9.47 Å². The number of rotatable bonds is 10. The number of nitrogens with zero attached hydrogens (tertiary/aromatic N) is 1. The lowest BCUT2D eigenvalue weighted by atomic mass is 9.94. The van der Waals surface area contributed by atoms with Gasteiger partial charge in [-0.05, 0) is 49.4 Å². The van der Waals surface area contributed by atoms with Crippen LogP contribution in [0.15, 0.2) is 78.4 Å². The molecule has 1 aliphatic rings. The average molecular weight is 514 g/mol. The van der Waals surface area contributed by atoms with Crippen molar-refractivity contribution < 1.29 is 24.2 Å². The average Bonchev–Trinajstić information content (AvgIpc) is 3.15. The number of likely N-dealkylation sites (tertiary alicyclic amines) is 1. The van der Waals surface area contributed by atoms with Crippen LogP contribution >= 0.6 is 0 Å². The number of benzene rings is 3. The van der Waals surface area contributed by atoms with Gasteiger partial charge >= 0.3 is 0 Å². The van der Waals surface area contributed by atoms with Gasteiger partial charge < -0.3 is 19.5 Å². The summed E-state index contributed by atoms with van der Waals surface area (Å²) >= 11 is 0. The normalized spacial score (nSPS) is 16.8. The summed E-state index contributed by atoms with van der Waals surface area (Å²) in [5.41, 5.74) is 3.11. The molecule has 0 aromatic heterocycles. The smallest absolute Gasteiger partial charge is 0.295 e. The Hall–Kier alpha value is -4.06. The third-order valence-electron chi connectivity index (χ3n) is 6.60. The second-order valence-electron chi connectivity index (χ2n) is 9.95. The fourth-order valence-corrected chi connectivity index (χ4v) is 4.52. The number of aryl methyl sites for hydroxylation is 1. The number of Topliss-reactive ketones (excluding diaryl/α,β-unsaturated/α-hetero) is 1. The van der Waals surface area contributed by atoms with Gasteiger partial charge in [-0.15, -0.1) is 0 Å². The molecule has 3 aromatic rings. The number of ether oxygens (including phenoxy) is 2. The molecule has 0 bridgehead atoms. The third kappa shape index (κ3) is 5.91. The molecule has 1 fully saturated rings. The van der Waals surface area contributed by atoms with Crippen molar-refractivity contribution in [3.8, 4) is 11.5 Å². The van der Waals surface area contributed by atoms with Crippen molar-refractivity contribution in [2.24, 2.45) is 5.92 Å². The quantitative estimate of drug-likeness (QED) is 0.192. The lowest BCUT2D eigenvalue weighted by Gasteiger charge is -2.26. The molecule has 6 nitrogen and oxygen atoms in total. The second-order valence-corrected chi connectivity index (χ2v) is 9.95. The van der Waals surface area contributed by atoms with Crippen molar-refractivity contribution in [1.29, 1.82) is 0 Å². The number of aliphatic hydroxyl groups is 1. The fourth-order valence-electron chi connectivity index (χ4n) is 4.52. The van der Waals surface area contributed by atoms with Gasteiger partial charge in [-0.3, -0.25) is 9.59 Å². The van der Waals surface area contributed by atoms with E-state index in [1.807, 2.05) is 74.5 Å². The summed E-state index contributed by atoms with van der Waals surface area (Å²) in [5.74, 6) is 0.0922. The van der Waals surface area contributed by atoms with E-state index < -0.39 is 17.7 Å². The van der Waals surface area contributed by atoms with E-state index in [2.05, 4.69) is 13.8 Å². The van der Waals surface area contributed by atoms with Crippen LogP contribution in [0.25, 0.3) is 5.76 Å². The predicted octanol–water partition coefficient (Wildman–Crippen LogP) is 6.44. The maximum absolute atomic E-state index is 13.4. The van der Waals surface area contributed by atoms with E-state index in [1.165, 1.54) is 4.90 Å². The number of aliphatic hydroxyl groups excluding tert-OH is 1. The molecule has 0 saturated carbocycles. The number of hydrogen-bond donors (Lipinski definition) is 1. The molecule has 0 radical (unpaired) electrons. The standard InChI is InChI=1S/C32H35NO5/c1-5-37-27-19-25(15-16-26(27)38-18-17-21(2)3)29-28(30(34)24-13-11-22(4)12-14-24)31(35)32(36)33(29)20-23-9-7-6-8-10-23/h6-16,19,21,29,34H,5,17-18,20H2,1-4H3. The van der Waals surface area contributed by atoms with Crippen LogP contribution in [0.3, 0.4) is 0 Å². The minimum atomic E-state index is -0.791. The highest BCUT2D eigenvalue weighted by Gasteiger charge is 2.46. The molecule has 6 heteroatoms. The maximum atomic E-state index is 13.4. The molecular formula is C32H35NO5. The summed E-state index contributed by atoms with van der Waals surface area (Å²) in [7, 11) is 0. The zero-order chi connectivity index (χ0) is 27.2. The molecule has 1 unspecified atom stereocenters. The van der Waals surface area contributed by atoms with Crippen LogP contribution in [-0.4, -0.2) is 34.9 Å². The molecule has 198 valence electrons. The molecule has 1 aliphatic heterocycles. The van der Waals surface area contributed by atoms with Gasteiger partial charge in [0.1, 0.15) is 5.76 Å². The fraction of sp³-hybridized carbons (Fsp3) is 0.312. The minimum Gasteiger partial charge on any atom is -0.507 e. The van der Waals surface area contributed by atoms with Crippen molar-refractivity contribution in [2.45, 2.75) is 46.7 Å². The van der Waals surface area contributed by atoms with Gasteiger partial charge in [0.2, 0.25) is 0 Å². The zero-order valence-corrected chi connectivity index (χ0v) is 22.4. The maximum Gasteiger partial charge on any atom is 0.295 e. The summed E-state index contributed by atoms with van der Waals surface area (Å²) in [6.07, 6.45) is 0.904. The SMILES string of the molecule is CCOc1cc(C2C(=C(O)c3ccc(C)cc3)C(=O)C(=O)N2Cc2ccccc2)ccc1OCCC(C)C. The first-order chi connectivity index (χ1) is 18.3. The van der Waals surface area contributed by atoms with Gasteiger partial charge in [0, 0.05) is 12.1 Å². The van der Waals surface area contributed by atoms with Crippen molar-refractivity contribution in [2.75, 3.05) is 13.2 Å². The number of carbonyl (C=O) groups is 2. The Kier molecular flexibility index (Phi) is 8.52. The molecule has 4 rings (SSSR count). The largest absolute Gasteiger partial charge is 0.507 e. The lowest BCUT2D eigenvalue weighted by Crippen LogP contribution is -2.29. The highest BCUT2D eigenvalue weighted by atomic mass is 16.5. The van der Waals surface area contributed by atoms with Gasteiger partial charge in [-0.1, -0.05) is 80.1 Å². The Morgan fingerprint density at radius 2 is 1.66 bits per heavy atom. The van der Waals surface area contributed by atoms with Gasteiger partial charge in [0.05, 0.1) is 24.8 Å². The Labute approximate surface area is 224 Å². The van der Waals surface area contributed by atoms with E-state index in [4.69, 9.17) is 9.47 Å². The number of hydrogen-bond acceptors (Lipinski definition) is 5. The molecule has 1 saturated heterocycles. The van der Waals surface area contributed by atoms with Crippen LogP contribution in [0.2, 0.25) is 0 Å². The summed E-state index contributed by atoms with van der Waals surface area (Å²) in [5, 5.41) is 11.3. The predicted molar refractivity (Wildman–Crippen MR) is 148 cm³/mol. The third-order valence-corrected chi connectivity index (χ3v) is 6.60.